The molecule has 0 aromatic carbocycles. The fraction of sp³-hybridized carbons (Fsp3) is 0.222. The average molecular weight is 165 g/mol. The summed E-state index contributed by atoms with van der Waals surface area (Å²) >= 11 is 0. The zero-order chi connectivity index (χ0) is 9.03. The van der Waals surface area contributed by atoms with Crippen LogP contribution in [0.3, 0.4) is 0 Å². The minimum Gasteiger partial charge on any atom is -0.478 e. The predicted molar refractivity (Wildman–Crippen MR) is 46.6 cm³/mol. The molecule has 12 heavy (non-hydrogen) atoms. The van der Waals surface area contributed by atoms with Crippen molar-refractivity contribution in [2.24, 2.45) is 5.73 Å². The third-order valence-corrected chi connectivity index (χ3v) is 1.66. The highest BCUT2D eigenvalue weighted by molar-refractivity contribution is 5.80. The molecule has 3 heteroatoms. The second kappa shape index (κ2) is 3.36. The van der Waals surface area contributed by atoms with Crippen molar-refractivity contribution in [2.45, 2.75) is 12.0 Å². The van der Waals surface area contributed by atoms with E-state index in [0.29, 0.717) is 6.42 Å². The van der Waals surface area contributed by atoms with E-state index >= 15 is 0 Å². The summed E-state index contributed by atoms with van der Waals surface area (Å²) in [6, 6.07) is 0. The van der Waals surface area contributed by atoms with Gasteiger partial charge in [-0.1, -0.05) is 30.4 Å². The fourth-order valence-corrected chi connectivity index (χ4v) is 1.00. The SMILES string of the molecule is NC1(/C=C/C(=O)O)C=CC=CC1. The summed E-state index contributed by atoms with van der Waals surface area (Å²) in [5.74, 6) is -0.970. The van der Waals surface area contributed by atoms with E-state index < -0.39 is 11.5 Å². The van der Waals surface area contributed by atoms with E-state index in [0.717, 1.165) is 6.08 Å². The molecule has 0 spiro atoms. The Morgan fingerprint density at radius 3 is 2.83 bits per heavy atom. The highest BCUT2D eigenvalue weighted by atomic mass is 16.4. The molecule has 64 valence electrons. The lowest BCUT2D eigenvalue weighted by molar-refractivity contribution is -0.131. The Morgan fingerprint density at radius 1 is 1.58 bits per heavy atom. The molecule has 0 bridgehead atoms. The van der Waals surface area contributed by atoms with Gasteiger partial charge in [0.1, 0.15) is 0 Å². The van der Waals surface area contributed by atoms with Crippen molar-refractivity contribution in [3.63, 3.8) is 0 Å². The van der Waals surface area contributed by atoms with E-state index in [9.17, 15) is 4.79 Å². The molecule has 1 unspecified atom stereocenters. The Labute approximate surface area is 70.9 Å². The first-order valence-corrected chi connectivity index (χ1v) is 3.68. The molecule has 1 aliphatic carbocycles. The average Bonchev–Trinajstić information content (AvgIpc) is 2.03. The number of aliphatic carboxylic acids is 1. The number of rotatable bonds is 2. The van der Waals surface area contributed by atoms with E-state index in [1.807, 2.05) is 18.2 Å². The maximum atomic E-state index is 10.2. The van der Waals surface area contributed by atoms with E-state index in [-0.39, 0.29) is 0 Å². The summed E-state index contributed by atoms with van der Waals surface area (Å²) in [7, 11) is 0. The zero-order valence-corrected chi connectivity index (χ0v) is 6.60. The summed E-state index contributed by atoms with van der Waals surface area (Å²) in [4.78, 5) is 10.2. The van der Waals surface area contributed by atoms with Crippen LogP contribution < -0.4 is 5.73 Å². The molecule has 0 amide bonds. The molecular weight excluding hydrogens is 154 g/mol. The monoisotopic (exact) mass is 165 g/mol. The first-order chi connectivity index (χ1) is 5.62. The van der Waals surface area contributed by atoms with Gasteiger partial charge in [-0.05, 0) is 6.42 Å². The Bertz CT molecular complexity index is 266. The van der Waals surface area contributed by atoms with Crippen LogP contribution in [-0.4, -0.2) is 16.6 Å². The van der Waals surface area contributed by atoms with E-state index in [1.165, 1.54) is 6.08 Å². The zero-order valence-electron chi connectivity index (χ0n) is 6.60. The number of carboxylic acid groups (broad SMARTS) is 1. The minimum absolute atomic E-state index is 0.618. The van der Waals surface area contributed by atoms with Gasteiger partial charge in [0.2, 0.25) is 0 Å². The van der Waals surface area contributed by atoms with Crippen LogP contribution in [0.5, 0.6) is 0 Å². The van der Waals surface area contributed by atoms with Crippen LogP contribution in [0, 0.1) is 0 Å². The molecule has 1 atom stereocenters. The van der Waals surface area contributed by atoms with Crippen LogP contribution in [0.2, 0.25) is 0 Å². The highest BCUT2D eigenvalue weighted by Crippen LogP contribution is 2.15. The normalized spacial score (nSPS) is 28.1. The maximum Gasteiger partial charge on any atom is 0.328 e. The maximum absolute atomic E-state index is 10.2. The lowest BCUT2D eigenvalue weighted by Crippen LogP contribution is -2.35. The number of hydrogen-bond acceptors (Lipinski definition) is 2. The van der Waals surface area contributed by atoms with Gasteiger partial charge in [0.05, 0.1) is 5.54 Å². The third-order valence-electron chi connectivity index (χ3n) is 1.66. The van der Waals surface area contributed by atoms with Gasteiger partial charge in [-0.25, -0.2) is 4.79 Å². The predicted octanol–water partition coefficient (Wildman–Crippen LogP) is 0.841. The van der Waals surface area contributed by atoms with Crippen LogP contribution in [-0.2, 0) is 4.79 Å². The van der Waals surface area contributed by atoms with Gasteiger partial charge >= 0.3 is 5.97 Å². The standard InChI is InChI=1S/C9H11NO2/c10-9(7-4-8(11)12)5-2-1-3-6-9/h1-5,7H,6,10H2,(H,11,12)/b7-4+. The summed E-state index contributed by atoms with van der Waals surface area (Å²) in [5.41, 5.74) is 5.20. The Kier molecular flexibility index (Phi) is 2.45. The van der Waals surface area contributed by atoms with Gasteiger partial charge in [-0.15, -0.1) is 0 Å². The molecule has 0 heterocycles. The first kappa shape index (κ1) is 8.74. The Balaban J connectivity index is 2.67. The summed E-state index contributed by atoms with van der Waals surface area (Å²) in [5, 5.41) is 8.37. The molecular formula is C9H11NO2. The van der Waals surface area contributed by atoms with Crippen molar-refractivity contribution in [1.29, 1.82) is 0 Å². The number of hydrogen-bond donors (Lipinski definition) is 2. The van der Waals surface area contributed by atoms with Gasteiger partial charge in [0.25, 0.3) is 0 Å². The van der Waals surface area contributed by atoms with Crippen molar-refractivity contribution in [1.82, 2.24) is 0 Å². The van der Waals surface area contributed by atoms with Crippen molar-refractivity contribution < 1.29 is 9.90 Å². The lowest BCUT2D eigenvalue weighted by Gasteiger charge is -2.21. The summed E-state index contributed by atoms with van der Waals surface area (Å²) < 4.78 is 0. The number of carboxylic acids is 1. The van der Waals surface area contributed by atoms with Crippen molar-refractivity contribution in [3.8, 4) is 0 Å². The smallest absolute Gasteiger partial charge is 0.328 e. The number of allylic oxidation sites excluding steroid dienone is 2. The van der Waals surface area contributed by atoms with Gasteiger partial charge in [-0.2, -0.15) is 0 Å². The molecule has 0 aliphatic heterocycles. The highest BCUT2D eigenvalue weighted by Gasteiger charge is 2.17. The number of nitrogens with two attached hydrogens (primary N) is 1. The largest absolute Gasteiger partial charge is 0.478 e. The molecule has 0 saturated carbocycles. The topological polar surface area (TPSA) is 63.3 Å². The number of carbonyl (C=O) groups is 1. The molecule has 0 fully saturated rings. The molecule has 3 nitrogen and oxygen atoms in total. The quantitative estimate of drug-likeness (QED) is 0.596. The van der Waals surface area contributed by atoms with Crippen LogP contribution in [0.25, 0.3) is 0 Å². The van der Waals surface area contributed by atoms with Gasteiger partial charge in [0.15, 0.2) is 0 Å². The molecule has 0 radical (unpaired) electrons. The summed E-state index contributed by atoms with van der Waals surface area (Å²) in [6.07, 6.45) is 10.6. The van der Waals surface area contributed by atoms with Crippen LogP contribution in [0.1, 0.15) is 6.42 Å². The third kappa shape index (κ3) is 2.36. The first-order valence-electron chi connectivity index (χ1n) is 3.68. The molecule has 3 N–H and O–H groups in total. The minimum atomic E-state index is -0.970. The lowest BCUT2D eigenvalue weighted by atomic mass is 9.92. The Hall–Kier alpha value is -1.35. The second-order valence-corrected chi connectivity index (χ2v) is 2.78. The van der Waals surface area contributed by atoms with Crippen molar-refractivity contribution >= 4 is 5.97 Å². The van der Waals surface area contributed by atoms with Crippen LogP contribution >= 0.6 is 0 Å². The van der Waals surface area contributed by atoms with Crippen LogP contribution in [0.15, 0.2) is 36.5 Å². The Morgan fingerprint density at radius 2 is 2.33 bits per heavy atom. The van der Waals surface area contributed by atoms with Crippen molar-refractivity contribution in [3.05, 3.63) is 36.5 Å². The van der Waals surface area contributed by atoms with Gasteiger partial charge < -0.3 is 10.8 Å². The van der Waals surface area contributed by atoms with Crippen LogP contribution in [0.4, 0.5) is 0 Å². The van der Waals surface area contributed by atoms with E-state index in [1.54, 1.807) is 6.08 Å². The molecule has 0 aromatic heterocycles. The van der Waals surface area contributed by atoms with Crippen molar-refractivity contribution in [2.75, 3.05) is 0 Å². The van der Waals surface area contributed by atoms with Gasteiger partial charge in [0, 0.05) is 6.08 Å². The molecule has 0 saturated heterocycles. The fourth-order valence-electron chi connectivity index (χ4n) is 1.00. The molecule has 0 aromatic rings. The molecule has 1 aliphatic rings. The molecule has 1 rings (SSSR count). The van der Waals surface area contributed by atoms with E-state index in [4.69, 9.17) is 10.8 Å². The van der Waals surface area contributed by atoms with Gasteiger partial charge in [-0.3, -0.25) is 0 Å². The summed E-state index contributed by atoms with van der Waals surface area (Å²) in [6.45, 7) is 0. The second-order valence-electron chi connectivity index (χ2n) is 2.78. The van der Waals surface area contributed by atoms with E-state index in [2.05, 4.69) is 0 Å².